The molecular weight excluding hydrogens is 266 g/mol. The van der Waals surface area contributed by atoms with Gasteiger partial charge in [0.2, 0.25) is 0 Å². The second-order valence-electron chi connectivity index (χ2n) is 6.35. The van der Waals surface area contributed by atoms with E-state index in [-0.39, 0.29) is 6.10 Å². The Morgan fingerprint density at radius 1 is 1.14 bits per heavy atom. The molecule has 0 saturated carbocycles. The Morgan fingerprint density at radius 3 is 2.71 bits per heavy atom. The van der Waals surface area contributed by atoms with Gasteiger partial charge in [-0.3, -0.25) is 9.58 Å². The van der Waals surface area contributed by atoms with Gasteiger partial charge < -0.3 is 9.47 Å². The lowest BCUT2D eigenvalue weighted by Gasteiger charge is -2.36. The Morgan fingerprint density at radius 2 is 2.00 bits per heavy atom. The summed E-state index contributed by atoms with van der Waals surface area (Å²) in [6.45, 7) is 9.81. The minimum absolute atomic E-state index is 0.236. The summed E-state index contributed by atoms with van der Waals surface area (Å²) in [6, 6.07) is 2.12. The minimum atomic E-state index is 0.236. The van der Waals surface area contributed by atoms with Crippen molar-refractivity contribution in [3.8, 4) is 0 Å². The summed E-state index contributed by atoms with van der Waals surface area (Å²) in [6.07, 6.45) is 4.40. The SMILES string of the molecule is Cc1cc(C)n(C[C@@H]2CN(C[C@@H]3CCCCO3)CCO2)n1. The first-order valence-corrected chi connectivity index (χ1v) is 8.17. The lowest BCUT2D eigenvalue weighted by atomic mass is 10.1. The first kappa shape index (κ1) is 15.0. The predicted molar refractivity (Wildman–Crippen MR) is 81.5 cm³/mol. The highest BCUT2D eigenvalue weighted by atomic mass is 16.5. The summed E-state index contributed by atoms with van der Waals surface area (Å²) >= 11 is 0. The largest absolute Gasteiger partial charge is 0.377 e. The van der Waals surface area contributed by atoms with Gasteiger partial charge in [-0.15, -0.1) is 0 Å². The Labute approximate surface area is 127 Å². The number of morpholine rings is 1. The van der Waals surface area contributed by atoms with E-state index in [2.05, 4.69) is 27.7 Å². The van der Waals surface area contributed by atoms with E-state index in [1.165, 1.54) is 25.0 Å². The van der Waals surface area contributed by atoms with Crippen molar-refractivity contribution in [1.82, 2.24) is 14.7 Å². The van der Waals surface area contributed by atoms with Gasteiger partial charge in [0.15, 0.2) is 0 Å². The van der Waals surface area contributed by atoms with E-state index in [0.717, 1.165) is 45.1 Å². The van der Waals surface area contributed by atoms with Crippen LogP contribution in [0.2, 0.25) is 0 Å². The molecule has 0 N–H and O–H groups in total. The van der Waals surface area contributed by atoms with Gasteiger partial charge >= 0.3 is 0 Å². The molecule has 118 valence electrons. The van der Waals surface area contributed by atoms with Crippen LogP contribution in [0.3, 0.4) is 0 Å². The molecule has 0 aromatic carbocycles. The Hall–Kier alpha value is -0.910. The highest BCUT2D eigenvalue weighted by Gasteiger charge is 2.25. The molecule has 0 aliphatic carbocycles. The van der Waals surface area contributed by atoms with Crippen molar-refractivity contribution in [1.29, 1.82) is 0 Å². The topological polar surface area (TPSA) is 39.5 Å². The molecule has 0 spiro atoms. The summed E-state index contributed by atoms with van der Waals surface area (Å²) < 4.78 is 13.8. The van der Waals surface area contributed by atoms with Crippen molar-refractivity contribution in [3.63, 3.8) is 0 Å². The van der Waals surface area contributed by atoms with Crippen LogP contribution in [-0.4, -0.2) is 59.7 Å². The highest BCUT2D eigenvalue weighted by molar-refractivity contribution is 5.06. The van der Waals surface area contributed by atoms with E-state index in [9.17, 15) is 0 Å². The van der Waals surface area contributed by atoms with Crippen molar-refractivity contribution >= 4 is 0 Å². The van der Waals surface area contributed by atoms with Gasteiger partial charge in [0, 0.05) is 31.9 Å². The zero-order chi connectivity index (χ0) is 14.7. The van der Waals surface area contributed by atoms with Gasteiger partial charge in [0.05, 0.1) is 31.1 Å². The Bertz CT molecular complexity index is 454. The van der Waals surface area contributed by atoms with Gasteiger partial charge in [0.25, 0.3) is 0 Å². The number of rotatable bonds is 4. The molecule has 0 radical (unpaired) electrons. The fourth-order valence-electron chi connectivity index (χ4n) is 3.35. The highest BCUT2D eigenvalue weighted by Crippen LogP contribution is 2.16. The van der Waals surface area contributed by atoms with Crippen molar-refractivity contribution in [3.05, 3.63) is 17.5 Å². The molecule has 2 fully saturated rings. The number of ether oxygens (including phenoxy) is 2. The summed E-state index contributed by atoms with van der Waals surface area (Å²) in [4.78, 5) is 2.50. The maximum atomic E-state index is 5.92. The molecule has 2 saturated heterocycles. The molecule has 21 heavy (non-hydrogen) atoms. The van der Waals surface area contributed by atoms with Crippen LogP contribution in [0.1, 0.15) is 30.7 Å². The van der Waals surface area contributed by atoms with Crippen LogP contribution in [0.4, 0.5) is 0 Å². The maximum Gasteiger partial charge on any atom is 0.0898 e. The van der Waals surface area contributed by atoms with Crippen LogP contribution in [0.5, 0.6) is 0 Å². The lowest BCUT2D eigenvalue weighted by molar-refractivity contribution is -0.0652. The first-order valence-electron chi connectivity index (χ1n) is 8.17. The number of hydrogen-bond donors (Lipinski definition) is 0. The first-order chi connectivity index (χ1) is 10.2. The third kappa shape index (κ3) is 4.05. The normalized spacial score (nSPS) is 27.9. The maximum absolute atomic E-state index is 5.92. The van der Waals surface area contributed by atoms with E-state index >= 15 is 0 Å². The van der Waals surface area contributed by atoms with Gasteiger partial charge in [-0.1, -0.05) is 0 Å². The molecule has 2 atom stereocenters. The van der Waals surface area contributed by atoms with E-state index in [1.807, 2.05) is 6.92 Å². The van der Waals surface area contributed by atoms with Gasteiger partial charge in [-0.2, -0.15) is 5.10 Å². The number of aromatic nitrogens is 2. The minimum Gasteiger partial charge on any atom is -0.377 e. The Kier molecular flexibility index (Phi) is 4.93. The van der Waals surface area contributed by atoms with Crippen LogP contribution >= 0.6 is 0 Å². The van der Waals surface area contributed by atoms with Crippen LogP contribution in [-0.2, 0) is 16.0 Å². The fourth-order valence-corrected chi connectivity index (χ4v) is 3.35. The molecule has 1 aromatic rings. The average Bonchev–Trinajstić information content (AvgIpc) is 2.78. The molecule has 1 aromatic heterocycles. The monoisotopic (exact) mass is 293 g/mol. The van der Waals surface area contributed by atoms with Crippen molar-refractivity contribution in [2.75, 3.05) is 32.8 Å². The predicted octanol–water partition coefficient (Wildman–Crippen LogP) is 1.77. The molecule has 0 amide bonds. The average molecular weight is 293 g/mol. The van der Waals surface area contributed by atoms with Crippen molar-refractivity contribution in [2.45, 2.75) is 51.9 Å². The number of aryl methyl sites for hydroxylation is 2. The smallest absolute Gasteiger partial charge is 0.0898 e. The van der Waals surface area contributed by atoms with Gasteiger partial charge in [-0.25, -0.2) is 0 Å². The molecular formula is C16H27N3O2. The second-order valence-corrected chi connectivity index (χ2v) is 6.35. The van der Waals surface area contributed by atoms with Crippen LogP contribution in [0, 0.1) is 13.8 Å². The molecule has 5 nitrogen and oxygen atoms in total. The fraction of sp³-hybridized carbons (Fsp3) is 0.812. The summed E-state index contributed by atoms with van der Waals surface area (Å²) in [5.74, 6) is 0. The second kappa shape index (κ2) is 6.90. The molecule has 0 unspecified atom stereocenters. The van der Waals surface area contributed by atoms with Crippen LogP contribution in [0.15, 0.2) is 6.07 Å². The van der Waals surface area contributed by atoms with Gasteiger partial charge in [0.1, 0.15) is 0 Å². The molecule has 0 bridgehead atoms. The van der Waals surface area contributed by atoms with Crippen molar-refractivity contribution < 1.29 is 9.47 Å². The quantitative estimate of drug-likeness (QED) is 0.848. The van der Waals surface area contributed by atoms with Crippen LogP contribution in [0.25, 0.3) is 0 Å². The summed E-state index contributed by atoms with van der Waals surface area (Å²) in [7, 11) is 0. The molecule has 3 heterocycles. The zero-order valence-electron chi connectivity index (χ0n) is 13.3. The summed E-state index contributed by atoms with van der Waals surface area (Å²) in [5, 5.41) is 4.54. The van der Waals surface area contributed by atoms with E-state index in [0.29, 0.717) is 6.10 Å². The molecule has 2 aliphatic rings. The molecule has 3 rings (SSSR count). The number of nitrogens with zero attached hydrogens (tertiary/aromatic N) is 3. The standard InChI is InChI=1S/C16H27N3O2/c1-13-9-14(2)19(17-13)12-16-11-18(6-8-21-16)10-15-5-3-4-7-20-15/h9,15-16H,3-8,10-12H2,1-2H3/t15-,16-/m0/s1. The Balaban J connectivity index is 1.51. The lowest BCUT2D eigenvalue weighted by Crippen LogP contribution is -2.47. The number of hydrogen-bond acceptors (Lipinski definition) is 4. The third-order valence-corrected chi connectivity index (χ3v) is 4.44. The summed E-state index contributed by atoms with van der Waals surface area (Å²) in [5.41, 5.74) is 2.29. The third-order valence-electron chi connectivity index (χ3n) is 4.44. The molecule has 5 heteroatoms. The zero-order valence-corrected chi connectivity index (χ0v) is 13.3. The van der Waals surface area contributed by atoms with Crippen LogP contribution < -0.4 is 0 Å². The van der Waals surface area contributed by atoms with Gasteiger partial charge in [-0.05, 0) is 39.2 Å². The van der Waals surface area contributed by atoms with E-state index in [1.54, 1.807) is 0 Å². The van der Waals surface area contributed by atoms with E-state index in [4.69, 9.17) is 9.47 Å². The van der Waals surface area contributed by atoms with E-state index < -0.39 is 0 Å². The van der Waals surface area contributed by atoms with Crippen molar-refractivity contribution in [2.24, 2.45) is 0 Å². The molecule has 2 aliphatic heterocycles.